The van der Waals surface area contributed by atoms with E-state index >= 15 is 0 Å². The van der Waals surface area contributed by atoms with Crippen LogP contribution < -0.4 is 10.6 Å². The molecule has 1 N–H and O–H groups in total. The van der Waals surface area contributed by atoms with Crippen LogP contribution in [-0.2, 0) is 9.63 Å². The van der Waals surface area contributed by atoms with E-state index in [1.807, 2.05) is 0 Å². The number of hydrogen-bond donors (Lipinski definition) is 1. The highest BCUT2D eigenvalue weighted by atomic mass is 19.4. The molecule has 0 amide bonds. The first-order valence-electron chi connectivity index (χ1n) is 4.27. The van der Waals surface area contributed by atoms with Crippen LogP contribution in [0.2, 0.25) is 0 Å². The van der Waals surface area contributed by atoms with E-state index in [4.69, 9.17) is 0 Å². The van der Waals surface area contributed by atoms with E-state index in [0.717, 1.165) is 0 Å². The lowest BCUT2D eigenvalue weighted by atomic mass is 10.3. The molecule has 1 rings (SSSR count). The molecule has 88 valence electrons. The Morgan fingerprint density at radius 1 is 1.31 bits per heavy atom. The predicted molar refractivity (Wildman–Crippen MR) is 50.1 cm³/mol. The number of rotatable bonds is 3. The smallest absolute Gasteiger partial charge is 0.316 e. The van der Waals surface area contributed by atoms with Gasteiger partial charge in [-0.3, -0.25) is 0 Å². The molecule has 16 heavy (non-hydrogen) atoms. The number of hydrogen-bond acceptors (Lipinski definition) is 4. The second-order valence-electron chi connectivity index (χ2n) is 2.73. The Labute approximate surface area is 89.5 Å². The maximum atomic E-state index is 11.9. The number of nitrogens with one attached hydrogen (secondary N) is 1. The van der Waals surface area contributed by atoms with Gasteiger partial charge < -0.3 is 4.84 Å². The van der Waals surface area contributed by atoms with Crippen molar-refractivity contribution in [3.8, 4) is 0 Å². The van der Waals surface area contributed by atoms with Crippen molar-refractivity contribution >= 4 is 11.7 Å². The molecule has 0 spiro atoms. The van der Waals surface area contributed by atoms with Gasteiger partial charge in [0.25, 0.3) is 0 Å². The lowest BCUT2D eigenvalue weighted by Crippen LogP contribution is -2.41. The number of carbonyl (C=O) groups is 1. The molecule has 0 aliphatic carbocycles. The van der Waals surface area contributed by atoms with Crippen LogP contribution >= 0.6 is 0 Å². The van der Waals surface area contributed by atoms with E-state index in [0.29, 0.717) is 5.17 Å². The Morgan fingerprint density at radius 3 is 2.31 bits per heavy atom. The molecular formula is C9H9F3N2O2. The van der Waals surface area contributed by atoms with Crippen LogP contribution in [0.3, 0.4) is 0 Å². The molecule has 0 fully saturated rings. The Hall–Kier alpha value is -1.76. The van der Waals surface area contributed by atoms with E-state index in [2.05, 4.69) is 10.3 Å². The molecule has 0 radical (unpaired) electrons. The van der Waals surface area contributed by atoms with Crippen LogP contribution in [0, 0.1) is 0 Å². The Balaban J connectivity index is 2.75. The quantitative estimate of drug-likeness (QED) is 0.807. The lowest BCUT2D eigenvalue weighted by Gasteiger charge is -2.21. The topological polar surface area (TPSA) is 41.6 Å². The van der Waals surface area contributed by atoms with E-state index in [1.165, 1.54) is 19.2 Å². The molecule has 0 saturated carbocycles. The molecular weight excluding hydrogens is 225 g/mol. The lowest BCUT2D eigenvalue weighted by molar-refractivity contribution is -0.202. The first-order chi connectivity index (χ1) is 7.45. The van der Waals surface area contributed by atoms with Crippen molar-refractivity contribution in [1.82, 2.24) is 5.43 Å². The van der Waals surface area contributed by atoms with Gasteiger partial charge in [-0.25, -0.2) is 10.2 Å². The Bertz CT molecular complexity index is 354. The molecule has 1 aromatic rings. The third-order valence-corrected chi connectivity index (χ3v) is 1.60. The highest BCUT2D eigenvalue weighted by Crippen LogP contribution is 2.19. The van der Waals surface area contributed by atoms with E-state index in [1.54, 1.807) is 18.2 Å². The normalized spacial score (nSPS) is 11.0. The first-order valence-corrected chi connectivity index (χ1v) is 4.27. The van der Waals surface area contributed by atoms with Crippen LogP contribution in [0.5, 0.6) is 0 Å². The van der Waals surface area contributed by atoms with Crippen LogP contribution in [0.4, 0.5) is 18.9 Å². The summed E-state index contributed by atoms with van der Waals surface area (Å²) in [5.41, 5.74) is 2.59. The summed E-state index contributed by atoms with van der Waals surface area (Å²) in [4.78, 5) is 14.7. The third kappa shape index (κ3) is 3.13. The standard InChI is InChI=1S/C9H9F3N2O2/c1-13-14(7-5-3-2-4-6-7)16-8(15)9(10,11)12/h2-6,13H,1H3. The largest absolute Gasteiger partial charge is 0.493 e. The highest BCUT2D eigenvalue weighted by molar-refractivity contribution is 5.76. The molecule has 0 unspecified atom stereocenters. The number of anilines is 1. The van der Waals surface area contributed by atoms with E-state index in [-0.39, 0.29) is 5.69 Å². The van der Waals surface area contributed by atoms with Crippen molar-refractivity contribution in [2.45, 2.75) is 6.18 Å². The van der Waals surface area contributed by atoms with Gasteiger partial charge in [0.2, 0.25) is 0 Å². The van der Waals surface area contributed by atoms with Gasteiger partial charge in [-0.05, 0) is 12.1 Å². The summed E-state index contributed by atoms with van der Waals surface area (Å²) in [6.07, 6.45) is -5.02. The zero-order chi connectivity index (χ0) is 12.2. The van der Waals surface area contributed by atoms with Crippen LogP contribution in [0.1, 0.15) is 0 Å². The SMILES string of the molecule is CNN(OC(=O)C(F)(F)F)c1ccccc1. The molecule has 0 atom stereocenters. The van der Waals surface area contributed by atoms with Gasteiger partial charge in [0.15, 0.2) is 0 Å². The van der Waals surface area contributed by atoms with E-state index in [9.17, 15) is 18.0 Å². The predicted octanol–water partition coefficient (Wildman–Crippen LogP) is 1.65. The molecule has 1 aromatic carbocycles. The fourth-order valence-corrected chi connectivity index (χ4v) is 0.926. The van der Waals surface area contributed by atoms with Crippen molar-refractivity contribution in [1.29, 1.82) is 0 Å². The molecule has 0 aromatic heterocycles. The molecule has 0 saturated heterocycles. The van der Waals surface area contributed by atoms with Gasteiger partial charge in [0.05, 0.1) is 5.69 Å². The second kappa shape index (κ2) is 4.84. The maximum absolute atomic E-state index is 11.9. The number of hydrazine groups is 1. The summed E-state index contributed by atoms with van der Waals surface area (Å²) < 4.78 is 35.8. The van der Waals surface area contributed by atoms with Crippen molar-refractivity contribution in [3.63, 3.8) is 0 Å². The van der Waals surface area contributed by atoms with Gasteiger partial charge in [-0.1, -0.05) is 18.2 Å². The Morgan fingerprint density at radius 2 is 1.88 bits per heavy atom. The number of benzene rings is 1. The van der Waals surface area contributed by atoms with Crippen molar-refractivity contribution < 1.29 is 22.8 Å². The van der Waals surface area contributed by atoms with Gasteiger partial charge >= 0.3 is 12.1 Å². The molecule has 0 aliphatic heterocycles. The van der Waals surface area contributed by atoms with E-state index < -0.39 is 12.1 Å². The Kier molecular flexibility index (Phi) is 3.73. The van der Waals surface area contributed by atoms with Crippen molar-refractivity contribution in [2.75, 3.05) is 12.2 Å². The third-order valence-electron chi connectivity index (χ3n) is 1.60. The first kappa shape index (κ1) is 12.3. The number of nitrogens with zero attached hydrogens (tertiary/aromatic N) is 1. The summed E-state index contributed by atoms with van der Waals surface area (Å²) in [5, 5.41) is 0.635. The number of carbonyl (C=O) groups excluding carboxylic acids is 1. The molecule has 0 aliphatic rings. The summed E-state index contributed by atoms with van der Waals surface area (Å²) in [6, 6.07) is 7.85. The zero-order valence-corrected chi connectivity index (χ0v) is 8.28. The summed E-state index contributed by atoms with van der Waals surface area (Å²) in [5.74, 6) is -2.29. The second-order valence-corrected chi connectivity index (χ2v) is 2.73. The average molecular weight is 234 g/mol. The van der Waals surface area contributed by atoms with Crippen molar-refractivity contribution in [3.05, 3.63) is 30.3 Å². The minimum atomic E-state index is -5.02. The minimum Gasteiger partial charge on any atom is -0.316 e. The van der Waals surface area contributed by atoms with Crippen LogP contribution in [0.15, 0.2) is 30.3 Å². The highest BCUT2D eigenvalue weighted by Gasteiger charge is 2.42. The minimum absolute atomic E-state index is 0.280. The number of alkyl halides is 3. The summed E-state index contributed by atoms with van der Waals surface area (Å²) >= 11 is 0. The summed E-state index contributed by atoms with van der Waals surface area (Å²) in [7, 11) is 1.33. The fraction of sp³-hybridized carbons (Fsp3) is 0.222. The van der Waals surface area contributed by atoms with Crippen LogP contribution in [0.25, 0.3) is 0 Å². The van der Waals surface area contributed by atoms with Crippen LogP contribution in [-0.4, -0.2) is 19.2 Å². The number of halogens is 3. The monoisotopic (exact) mass is 234 g/mol. The van der Waals surface area contributed by atoms with Gasteiger partial charge in [-0.15, -0.1) is 5.17 Å². The molecule has 0 heterocycles. The molecule has 4 nitrogen and oxygen atoms in total. The maximum Gasteiger partial charge on any atom is 0.493 e. The van der Waals surface area contributed by atoms with Crippen molar-refractivity contribution in [2.24, 2.45) is 0 Å². The van der Waals surface area contributed by atoms with Gasteiger partial charge in [0.1, 0.15) is 0 Å². The zero-order valence-electron chi connectivity index (χ0n) is 8.28. The molecule has 7 heteroatoms. The molecule has 0 bridgehead atoms. The van der Waals surface area contributed by atoms with Gasteiger partial charge in [-0.2, -0.15) is 13.2 Å². The number of para-hydroxylation sites is 1. The summed E-state index contributed by atoms with van der Waals surface area (Å²) in [6.45, 7) is 0. The average Bonchev–Trinajstić information content (AvgIpc) is 2.25. The fourth-order valence-electron chi connectivity index (χ4n) is 0.926. The van der Waals surface area contributed by atoms with Gasteiger partial charge in [0, 0.05) is 7.05 Å².